The lowest BCUT2D eigenvalue weighted by molar-refractivity contribution is 0.0754. The Morgan fingerprint density at radius 3 is 3.00 bits per heavy atom. The first-order chi connectivity index (χ1) is 10.1. The van der Waals surface area contributed by atoms with Crippen molar-refractivity contribution < 1.29 is 9.90 Å². The van der Waals surface area contributed by atoms with Gasteiger partial charge >= 0.3 is 0 Å². The number of H-pyrrole nitrogens is 1. The quantitative estimate of drug-likeness (QED) is 0.696. The molecule has 1 saturated carbocycles. The first-order valence-corrected chi connectivity index (χ1v) is 7.47. The molecule has 0 spiro atoms. The number of fused-ring (bicyclic) bond motifs is 2. The van der Waals surface area contributed by atoms with E-state index in [0.29, 0.717) is 23.7 Å². The van der Waals surface area contributed by atoms with Crippen molar-refractivity contribution in [1.29, 1.82) is 0 Å². The highest BCUT2D eigenvalue weighted by atomic mass is 16.3. The van der Waals surface area contributed by atoms with Crippen LogP contribution in [0.2, 0.25) is 0 Å². The summed E-state index contributed by atoms with van der Waals surface area (Å²) in [6.45, 7) is 1.43. The van der Waals surface area contributed by atoms with Crippen molar-refractivity contribution >= 4 is 22.5 Å². The highest BCUT2D eigenvalue weighted by Gasteiger charge is 2.43. The largest absolute Gasteiger partial charge is 0.399 e. The highest BCUT2D eigenvalue weighted by molar-refractivity contribution is 6.07. The normalized spacial score (nSPS) is 28.2. The second-order valence-corrected chi connectivity index (χ2v) is 6.29. The summed E-state index contributed by atoms with van der Waals surface area (Å²) in [7, 11) is 0. The number of anilines is 1. The molecule has 3 atom stereocenters. The van der Waals surface area contributed by atoms with Crippen LogP contribution < -0.4 is 5.73 Å². The average molecular weight is 285 g/mol. The number of nitrogens with zero attached hydrogens (tertiary/aromatic N) is 1. The van der Waals surface area contributed by atoms with Crippen LogP contribution in [0.25, 0.3) is 10.9 Å². The third kappa shape index (κ3) is 1.92. The third-order valence-corrected chi connectivity index (χ3v) is 5.04. The number of nitrogen functional groups attached to an aromatic ring is 1. The molecule has 0 bridgehead atoms. The molecule has 1 saturated heterocycles. The van der Waals surface area contributed by atoms with E-state index in [1.54, 1.807) is 6.20 Å². The van der Waals surface area contributed by atoms with Gasteiger partial charge in [0.1, 0.15) is 0 Å². The van der Waals surface area contributed by atoms with Crippen molar-refractivity contribution in [3.63, 3.8) is 0 Å². The molecule has 4 rings (SSSR count). The van der Waals surface area contributed by atoms with Gasteiger partial charge in [-0.3, -0.25) is 4.79 Å². The second kappa shape index (κ2) is 4.49. The van der Waals surface area contributed by atoms with Gasteiger partial charge in [0.2, 0.25) is 0 Å². The fraction of sp³-hybridized carbons (Fsp3) is 0.438. The number of carbonyl (C=O) groups excluding carboxylic acids is 1. The minimum atomic E-state index is -0.244. The van der Waals surface area contributed by atoms with Crippen LogP contribution in [-0.2, 0) is 0 Å². The van der Waals surface area contributed by atoms with Crippen LogP contribution in [0.4, 0.5) is 5.69 Å². The number of hydrogen-bond donors (Lipinski definition) is 3. The molecule has 5 nitrogen and oxygen atoms in total. The zero-order chi connectivity index (χ0) is 14.6. The molecule has 1 amide bonds. The fourth-order valence-corrected chi connectivity index (χ4v) is 3.89. The summed E-state index contributed by atoms with van der Waals surface area (Å²) in [6, 6.07) is 5.55. The maximum Gasteiger partial charge on any atom is 0.256 e. The number of benzene rings is 1. The molecule has 2 aliphatic rings. The molecule has 5 heteroatoms. The molecule has 110 valence electrons. The maximum absolute atomic E-state index is 12.8. The molecule has 4 N–H and O–H groups in total. The Kier molecular flexibility index (Phi) is 2.72. The average Bonchev–Trinajstić information content (AvgIpc) is 3.14. The first kappa shape index (κ1) is 12.7. The molecule has 1 aliphatic heterocycles. The SMILES string of the molecule is Nc1ccc2[nH]cc(C(=O)N3CC4CCC(O)C4C3)c2c1. The number of amides is 1. The molecule has 2 heterocycles. The summed E-state index contributed by atoms with van der Waals surface area (Å²) in [6.07, 6.45) is 3.42. The number of carbonyl (C=O) groups is 1. The van der Waals surface area contributed by atoms with E-state index in [-0.39, 0.29) is 17.9 Å². The number of nitrogens with one attached hydrogen (secondary N) is 1. The Labute approximate surface area is 122 Å². The Balaban J connectivity index is 1.64. The lowest BCUT2D eigenvalue weighted by Gasteiger charge is -2.18. The van der Waals surface area contributed by atoms with Gasteiger partial charge in [0, 0.05) is 41.8 Å². The third-order valence-electron chi connectivity index (χ3n) is 5.04. The molecular weight excluding hydrogens is 266 g/mol. The van der Waals surface area contributed by atoms with E-state index in [0.717, 1.165) is 30.3 Å². The van der Waals surface area contributed by atoms with Gasteiger partial charge in [0.05, 0.1) is 11.7 Å². The standard InChI is InChI=1S/C16H19N3O2/c17-10-2-3-14-11(5-10)12(6-18-14)16(21)19-7-9-1-4-15(20)13(9)8-19/h2-3,5-6,9,13,15,18,20H,1,4,7-8,17H2. The van der Waals surface area contributed by atoms with E-state index in [1.807, 2.05) is 23.1 Å². The summed E-state index contributed by atoms with van der Waals surface area (Å²) in [5.41, 5.74) is 8.08. The Morgan fingerprint density at radius 2 is 2.19 bits per heavy atom. The van der Waals surface area contributed by atoms with Gasteiger partial charge in [0.15, 0.2) is 0 Å². The number of nitrogens with two attached hydrogens (primary N) is 1. The second-order valence-electron chi connectivity index (χ2n) is 6.29. The van der Waals surface area contributed by atoms with E-state index >= 15 is 0 Å². The number of aliphatic hydroxyl groups is 1. The molecule has 1 aromatic carbocycles. The molecule has 3 unspecified atom stereocenters. The van der Waals surface area contributed by atoms with E-state index in [1.165, 1.54) is 0 Å². The fourth-order valence-electron chi connectivity index (χ4n) is 3.89. The van der Waals surface area contributed by atoms with E-state index in [2.05, 4.69) is 4.98 Å². The van der Waals surface area contributed by atoms with E-state index < -0.39 is 0 Å². The molecule has 21 heavy (non-hydrogen) atoms. The highest BCUT2D eigenvalue weighted by Crippen LogP contribution is 2.38. The Bertz CT molecular complexity index is 709. The van der Waals surface area contributed by atoms with Crippen LogP contribution in [0.3, 0.4) is 0 Å². The number of rotatable bonds is 1. The van der Waals surface area contributed by atoms with E-state index in [9.17, 15) is 9.90 Å². The monoisotopic (exact) mass is 285 g/mol. The van der Waals surface area contributed by atoms with Gasteiger partial charge in [-0.1, -0.05) is 0 Å². The van der Waals surface area contributed by atoms with Crippen LogP contribution >= 0.6 is 0 Å². The first-order valence-electron chi connectivity index (χ1n) is 7.47. The zero-order valence-electron chi connectivity index (χ0n) is 11.7. The van der Waals surface area contributed by atoms with Gasteiger partial charge in [-0.25, -0.2) is 0 Å². The van der Waals surface area contributed by atoms with Crippen molar-refractivity contribution in [2.45, 2.75) is 18.9 Å². The van der Waals surface area contributed by atoms with Gasteiger partial charge in [-0.15, -0.1) is 0 Å². The topological polar surface area (TPSA) is 82.4 Å². The number of likely N-dealkylation sites (tertiary alicyclic amines) is 1. The summed E-state index contributed by atoms with van der Waals surface area (Å²) >= 11 is 0. The molecule has 1 aliphatic carbocycles. The molecule has 2 aromatic rings. The van der Waals surface area contributed by atoms with Crippen LogP contribution in [0.15, 0.2) is 24.4 Å². The summed E-state index contributed by atoms with van der Waals surface area (Å²) in [5.74, 6) is 0.747. The van der Waals surface area contributed by atoms with Crippen molar-refractivity contribution in [2.75, 3.05) is 18.8 Å². The summed E-state index contributed by atoms with van der Waals surface area (Å²) in [4.78, 5) is 17.8. The summed E-state index contributed by atoms with van der Waals surface area (Å²) < 4.78 is 0. The Hall–Kier alpha value is -2.01. The van der Waals surface area contributed by atoms with Gasteiger partial charge in [-0.05, 0) is 37.0 Å². The van der Waals surface area contributed by atoms with E-state index in [4.69, 9.17) is 5.73 Å². The molecule has 1 aromatic heterocycles. The van der Waals surface area contributed by atoms with Crippen molar-refractivity contribution in [1.82, 2.24) is 9.88 Å². The van der Waals surface area contributed by atoms with Crippen LogP contribution in [0.5, 0.6) is 0 Å². The van der Waals surface area contributed by atoms with Gasteiger partial charge < -0.3 is 20.7 Å². The minimum Gasteiger partial charge on any atom is -0.399 e. The minimum absolute atomic E-state index is 0.0356. The molecule has 0 radical (unpaired) electrons. The van der Waals surface area contributed by atoms with Crippen LogP contribution in [-0.4, -0.2) is 40.1 Å². The number of hydrogen-bond acceptors (Lipinski definition) is 3. The molecule has 2 fully saturated rings. The lowest BCUT2D eigenvalue weighted by Crippen LogP contribution is -2.30. The van der Waals surface area contributed by atoms with Crippen LogP contribution in [0.1, 0.15) is 23.2 Å². The zero-order valence-corrected chi connectivity index (χ0v) is 11.7. The summed E-state index contributed by atoms with van der Waals surface area (Å²) in [5, 5.41) is 10.8. The van der Waals surface area contributed by atoms with Gasteiger partial charge in [-0.2, -0.15) is 0 Å². The van der Waals surface area contributed by atoms with Gasteiger partial charge in [0.25, 0.3) is 5.91 Å². The van der Waals surface area contributed by atoms with Crippen molar-refractivity contribution in [3.8, 4) is 0 Å². The predicted octanol–water partition coefficient (Wildman–Crippen LogP) is 1.59. The maximum atomic E-state index is 12.8. The number of aromatic nitrogens is 1. The van der Waals surface area contributed by atoms with Crippen molar-refractivity contribution in [3.05, 3.63) is 30.0 Å². The Morgan fingerprint density at radius 1 is 1.33 bits per heavy atom. The predicted molar refractivity (Wildman–Crippen MR) is 80.8 cm³/mol. The van der Waals surface area contributed by atoms with Crippen LogP contribution in [0, 0.1) is 11.8 Å². The molecular formula is C16H19N3O2. The number of aromatic amines is 1. The lowest BCUT2D eigenvalue weighted by atomic mass is 10.00. The number of aliphatic hydroxyl groups excluding tert-OH is 1. The smallest absolute Gasteiger partial charge is 0.256 e. The van der Waals surface area contributed by atoms with Crippen molar-refractivity contribution in [2.24, 2.45) is 11.8 Å².